The Hall–Kier alpha value is -2.68. The van der Waals surface area contributed by atoms with E-state index in [-0.39, 0.29) is 6.10 Å². The molecule has 2 fully saturated rings. The lowest BCUT2D eigenvalue weighted by atomic mass is 9.77. The second-order valence-corrected chi connectivity index (χ2v) is 8.65. The number of esters is 1. The van der Waals surface area contributed by atoms with Crippen LogP contribution in [-0.2, 0) is 19.0 Å². The second-order valence-electron chi connectivity index (χ2n) is 8.65. The first-order chi connectivity index (χ1) is 15.6. The van der Waals surface area contributed by atoms with Crippen LogP contribution in [0.5, 0.6) is 5.75 Å². The van der Waals surface area contributed by atoms with Gasteiger partial charge in [-0.15, -0.1) is 0 Å². The van der Waals surface area contributed by atoms with Crippen LogP contribution in [0.4, 0.5) is 0 Å². The van der Waals surface area contributed by atoms with E-state index in [9.17, 15) is 14.7 Å². The smallest absolute Gasteiger partial charge is 0.339 e. The van der Waals surface area contributed by atoms with Crippen LogP contribution >= 0.6 is 0 Å². The fraction of sp³-hybridized carbons (Fsp3) is 0.520. The van der Waals surface area contributed by atoms with Gasteiger partial charge in [-0.05, 0) is 33.3 Å². The number of carbonyl (C=O) groups excluding carboxylic acids is 1. The van der Waals surface area contributed by atoms with E-state index >= 15 is 0 Å². The molecule has 0 aromatic carbocycles. The summed E-state index contributed by atoms with van der Waals surface area (Å²) >= 11 is 0. The summed E-state index contributed by atoms with van der Waals surface area (Å²) in [6.45, 7) is 8.71. The highest BCUT2D eigenvalue weighted by Gasteiger charge is 2.69. The fourth-order valence-corrected chi connectivity index (χ4v) is 4.67. The molecule has 0 radical (unpaired) electrons. The van der Waals surface area contributed by atoms with Gasteiger partial charge in [0, 0.05) is 12.5 Å². The monoisotopic (exact) mass is 460 g/mol. The fourth-order valence-electron chi connectivity index (χ4n) is 4.67. The molecule has 6 atom stereocenters. The van der Waals surface area contributed by atoms with Crippen molar-refractivity contribution in [2.45, 2.75) is 76.7 Å². The second kappa shape index (κ2) is 9.67. The zero-order valence-corrected chi connectivity index (χ0v) is 19.9. The van der Waals surface area contributed by atoms with E-state index in [0.717, 1.165) is 5.56 Å². The number of aliphatic hydroxyl groups excluding tert-OH is 1. The molecule has 180 valence electrons. The topological polar surface area (TPSA) is 104 Å². The third-order valence-corrected chi connectivity index (χ3v) is 6.32. The summed E-state index contributed by atoms with van der Waals surface area (Å²) < 4.78 is 28.3. The van der Waals surface area contributed by atoms with Crippen LogP contribution < -0.4 is 10.4 Å². The van der Waals surface area contributed by atoms with E-state index < -0.39 is 41.1 Å². The van der Waals surface area contributed by atoms with Crippen molar-refractivity contribution < 1.29 is 33.3 Å². The Labute approximate surface area is 193 Å². The molecule has 1 N–H and O–H groups in total. The van der Waals surface area contributed by atoms with Crippen molar-refractivity contribution in [2.24, 2.45) is 0 Å². The Morgan fingerprint density at radius 2 is 1.88 bits per heavy atom. The van der Waals surface area contributed by atoms with Crippen LogP contribution in [0.15, 0.2) is 45.7 Å². The zero-order valence-electron chi connectivity index (χ0n) is 19.9. The Bertz CT molecular complexity index is 1020. The first-order valence-electron chi connectivity index (χ1n) is 11.0. The molecule has 3 rings (SSSR count). The first-order valence-corrected chi connectivity index (χ1v) is 11.0. The van der Waals surface area contributed by atoms with Gasteiger partial charge in [0.1, 0.15) is 34.9 Å². The molecule has 1 aromatic heterocycles. The largest absolute Gasteiger partial charge is 0.496 e. The van der Waals surface area contributed by atoms with Crippen LogP contribution in [0.2, 0.25) is 0 Å². The minimum atomic E-state index is -1.08. The van der Waals surface area contributed by atoms with Crippen LogP contribution in [0.25, 0.3) is 6.08 Å². The van der Waals surface area contributed by atoms with Gasteiger partial charge < -0.3 is 28.5 Å². The van der Waals surface area contributed by atoms with Gasteiger partial charge in [0.05, 0.1) is 19.3 Å². The van der Waals surface area contributed by atoms with E-state index in [4.69, 9.17) is 23.4 Å². The molecule has 2 bridgehead atoms. The SMILES string of the molecule is CC[C@H]1O[C@@]2(C)[C@H](OC(C)=O)[C@]1(C)O[C@@H](C=CC=CC=Cc1oc(=O)cc(OC)c1C)[C@@H]2O. The molecule has 8 nitrogen and oxygen atoms in total. The lowest BCUT2D eigenvalue weighted by Gasteiger charge is -2.47. The van der Waals surface area contributed by atoms with E-state index in [1.807, 2.05) is 13.8 Å². The van der Waals surface area contributed by atoms with Gasteiger partial charge in [-0.1, -0.05) is 37.3 Å². The number of methoxy groups -OCH3 is 1. The lowest BCUT2D eigenvalue weighted by molar-refractivity contribution is -0.235. The zero-order chi connectivity index (χ0) is 24.4. The number of carbonyl (C=O) groups is 1. The molecule has 2 saturated heterocycles. The summed E-state index contributed by atoms with van der Waals surface area (Å²) in [6, 6.07) is 1.30. The van der Waals surface area contributed by atoms with Gasteiger partial charge >= 0.3 is 11.6 Å². The maximum atomic E-state index is 11.7. The highest BCUT2D eigenvalue weighted by molar-refractivity contribution is 5.66. The molecule has 0 saturated carbocycles. The molecule has 0 spiro atoms. The van der Waals surface area contributed by atoms with Crippen molar-refractivity contribution in [1.29, 1.82) is 0 Å². The minimum absolute atomic E-state index is 0.320. The number of aliphatic hydroxyl groups is 1. The summed E-state index contributed by atoms with van der Waals surface area (Å²) in [6.07, 6.45) is 8.37. The molecule has 33 heavy (non-hydrogen) atoms. The summed E-state index contributed by atoms with van der Waals surface area (Å²) in [5, 5.41) is 11.0. The normalized spacial score (nSPS) is 33.9. The van der Waals surface area contributed by atoms with Gasteiger partial charge in [-0.2, -0.15) is 0 Å². The number of hydrogen-bond donors (Lipinski definition) is 1. The lowest BCUT2D eigenvalue weighted by Crippen LogP contribution is -2.65. The van der Waals surface area contributed by atoms with E-state index in [1.165, 1.54) is 20.1 Å². The predicted octanol–water partition coefficient (Wildman–Crippen LogP) is 3.10. The molecular formula is C25H32O8. The number of hydrogen-bond acceptors (Lipinski definition) is 8. The van der Waals surface area contributed by atoms with Crippen LogP contribution in [0.3, 0.4) is 0 Å². The van der Waals surface area contributed by atoms with E-state index in [2.05, 4.69) is 0 Å². The van der Waals surface area contributed by atoms with Crippen molar-refractivity contribution in [1.82, 2.24) is 0 Å². The molecule has 2 aliphatic heterocycles. The quantitative estimate of drug-likeness (QED) is 0.489. The predicted molar refractivity (Wildman–Crippen MR) is 122 cm³/mol. The standard InChI is InChI=1S/C25H32O8/c1-7-20-24(4)23(30-16(3)26)25(5,33-20)22(28)18(32-24)13-11-9-8-10-12-17-15(2)19(29-6)14-21(27)31-17/h8-14,18,20,22-23,28H,7H2,1-6H3/t18-,20+,22-,23+,24+,25+/m0/s1. The summed E-state index contributed by atoms with van der Waals surface area (Å²) in [4.78, 5) is 23.3. The third-order valence-electron chi connectivity index (χ3n) is 6.32. The van der Waals surface area contributed by atoms with Crippen molar-refractivity contribution in [3.8, 4) is 5.75 Å². The van der Waals surface area contributed by atoms with Crippen molar-refractivity contribution in [3.05, 3.63) is 58.2 Å². The maximum absolute atomic E-state index is 11.7. The Morgan fingerprint density at radius 1 is 1.18 bits per heavy atom. The summed E-state index contributed by atoms with van der Waals surface area (Å²) in [5.74, 6) is 0.435. The maximum Gasteiger partial charge on any atom is 0.339 e. The van der Waals surface area contributed by atoms with Crippen LogP contribution in [0, 0.1) is 6.92 Å². The Kier molecular flexibility index (Phi) is 7.31. The molecule has 8 heteroatoms. The molecule has 0 amide bonds. The van der Waals surface area contributed by atoms with Crippen LogP contribution in [-0.4, -0.2) is 53.8 Å². The van der Waals surface area contributed by atoms with Crippen molar-refractivity contribution in [2.75, 3.05) is 7.11 Å². The summed E-state index contributed by atoms with van der Waals surface area (Å²) in [7, 11) is 1.50. The van der Waals surface area contributed by atoms with Gasteiger partial charge in [0.2, 0.25) is 0 Å². The average Bonchev–Trinajstić information content (AvgIpc) is 2.93. The molecule has 1 aromatic rings. The average molecular weight is 461 g/mol. The molecule has 2 aliphatic rings. The molecule has 0 unspecified atom stereocenters. The van der Waals surface area contributed by atoms with Gasteiger partial charge in [-0.25, -0.2) is 4.79 Å². The highest BCUT2D eigenvalue weighted by Crippen LogP contribution is 2.51. The number of ether oxygens (including phenoxy) is 4. The number of allylic oxidation sites excluding steroid dienone is 4. The van der Waals surface area contributed by atoms with E-state index in [0.29, 0.717) is 17.9 Å². The van der Waals surface area contributed by atoms with E-state index in [1.54, 1.807) is 50.3 Å². The first kappa shape index (κ1) is 25.0. The van der Waals surface area contributed by atoms with Crippen LogP contribution in [0.1, 0.15) is 45.4 Å². The molecular weight excluding hydrogens is 428 g/mol. The van der Waals surface area contributed by atoms with Gasteiger partial charge in [0.15, 0.2) is 6.10 Å². The number of fused-ring (bicyclic) bond motifs is 2. The Morgan fingerprint density at radius 3 is 2.52 bits per heavy atom. The minimum Gasteiger partial charge on any atom is -0.496 e. The summed E-state index contributed by atoms with van der Waals surface area (Å²) in [5.41, 5.74) is -1.73. The number of rotatable bonds is 7. The Balaban J connectivity index is 1.73. The molecule has 3 heterocycles. The third kappa shape index (κ3) is 4.69. The molecule has 0 aliphatic carbocycles. The van der Waals surface area contributed by atoms with Gasteiger partial charge in [-0.3, -0.25) is 4.79 Å². The van der Waals surface area contributed by atoms with Crippen molar-refractivity contribution >= 4 is 12.0 Å². The highest BCUT2D eigenvalue weighted by atomic mass is 16.7. The van der Waals surface area contributed by atoms with Crippen molar-refractivity contribution in [3.63, 3.8) is 0 Å². The van der Waals surface area contributed by atoms with Gasteiger partial charge in [0.25, 0.3) is 0 Å².